The van der Waals surface area contributed by atoms with Crippen LogP contribution in [0.15, 0.2) is 48.5 Å². The highest BCUT2D eigenvalue weighted by atomic mass is 16.3. The van der Waals surface area contributed by atoms with Crippen LogP contribution < -0.4 is 0 Å². The molecular weight excluding hydrogens is 314 g/mol. The molecule has 0 aliphatic heterocycles. The van der Waals surface area contributed by atoms with E-state index in [1.807, 2.05) is 45.0 Å². The number of aromatic amines is 1. The zero-order valence-electron chi connectivity index (χ0n) is 14.6. The zero-order chi connectivity index (χ0) is 18.2. The van der Waals surface area contributed by atoms with E-state index >= 15 is 0 Å². The molecule has 0 radical (unpaired) electrons. The summed E-state index contributed by atoms with van der Waals surface area (Å²) in [5.74, 6) is 0.188. The first-order valence-corrected chi connectivity index (χ1v) is 8.23. The summed E-state index contributed by atoms with van der Waals surface area (Å²) in [5, 5.41) is 10.2. The van der Waals surface area contributed by atoms with Gasteiger partial charge in [-0.1, -0.05) is 26.8 Å². The highest BCUT2D eigenvalue weighted by Crippen LogP contribution is 2.24. The fourth-order valence-corrected chi connectivity index (χ4v) is 2.75. The number of aromatic nitrogens is 1. The maximum Gasteiger partial charge on any atom is 0.184 e. The number of H-pyrrole nitrogens is 1. The second-order valence-electron chi connectivity index (χ2n) is 7.33. The van der Waals surface area contributed by atoms with Gasteiger partial charge in [-0.25, -0.2) is 0 Å². The van der Waals surface area contributed by atoms with E-state index < -0.39 is 5.41 Å². The number of nitrogens with one attached hydrogen (secondary N) is 1. The number of carbonyl (C=O) groups is 2. The van der Waals surface area contributed by atoms with Crippen LogP contribution in [0.25, 0.3) is 10.9 Å². The number of fused-ring (bicyclic) bond motifs is 1. The molecule has 3 rings (SSSR count). The van der Waals surface area contributed by atoms with Gasteiger partial charge in [0.25, 0.3) is 0 Å². The van der Waals surface area contributed by atoms with Gasteiger partial charge in [0.2, 0.25) is 0 Å². The van der Waals surface area contributed by atoms with Crippen LogP contribution in [0.4, 0.5) is 0 Å². The third kappa shape index (κ3) is 3.63. The molecule has 0 spiro atoms. The Bertz CT molecular complexity index is 943. The van der Waals surface area contributed by atoms with E-state index in [1.165, 1.54) is 12.1 Å². The summed E-state index contributed by atoms with van der Waals surface area (Å²) in [5.41, 5.74) is 2.48. The number of hydrogen-bond acceptors (Lipinski definition) is 3. The fourth-order valence-electron chi connectivity index (χ4n) is 2.75. The number of Topliss-reactive ketones (excluding diaryl/α,β-unsaturated/α-hetero) is 2. The van der Waals surface area contributed by atoms with E-state index in [9.17, 15) is 14.7 Å². The summed E-state index contributed by atoms with van der Waals surface area (Å²) in [6.07, 6.45) is 0.272. The molecule has 0 saturated carbocycles. The van der Waals surface area contributed by atoms with E-state index in [4.69, 9.17) is 0 Å². The maximum absolute atomic E-state index is 12.4. The van der Waals surface area contributed by atoms with Gasteiger partial charge in [-0.15, -0.1) is 0 Å². The summed E-state index contributed by atoms with van der Waals surface area (Å²) >= 11 is 0. The molecular formula is C21H21NO3. The largest absolute Gasteiger partial charge is 0.508 e. The van der Waals surface area contributed by atoms with Gasteiger partial charge < -0.3 is 10.1 Å². The number of phenolic OH excluding ortho intramolecular Hbond substituents is 1. The lowest BCUT2D eigenvalue weighted by Crippen LogP contribution is -2.20. The highest BCUT2D eigenvalue weighted by Gasteiger charge is 2.24. The van der Waals surface area contributed by atoms with Gasteiger partial charge in [0.15, 0.2) is 11.6 Å². The maximum atomic E-state index is 12.4. The molecule has 0 bridgehead atoms. The van der Waals surface area contributed by atoms with Crippen LogP contribution in [0.2, 0.25) is 0 Å². The number of benzene rings is 2. The third-order valence-electron chi connectivity index (χ3n) is 4.16. The minimum atomic E-state index is -0.446. The van der Waals surface area contributed by atoms with Gasteiger partial charge >= 0.3 is 0 Å². The second kappa shape index (κ2) is 6.20. The number of hydrogen-bond donors (Lipinski definition) is 2. The molecule has 0 aliphatic carbocycles. The fraction of sp³-hybridized carbons (Fsp3) is 0.238. The molecule has 3 aromatic rings. The summed E-state index contributed by atoms with van der Waals surface area (Å²) in [6.45, 7) is 5.67. The lowest BCUT2D eigenvalue weighted by molar-refractivity contribution is 0.0853. The summed E-state index contributed by atoms with van der Waals surface area (Å²) in [6, 6.07) is 13.8. The Kier molecular flexibility index (Phi) is 4.21. The van der Waals surface area contributed by atoms with Crippen molar-refractivity contribution < 1.29 is 14.7 Å². The van der Waals surface area contributed by atoms with Gasteiger partial charge in [-0.2, -0.15) is 0 Å². The molecule has 1 aromatic heterocycles. The zero-order valence-corrected chi connectivity index (χ0v) is 14.6. The topological polar surface area (TPSA) is 70.2 Å². The Balaban J connectivity index is 1.85. The molecule has 0 unspecified atom stereocenters. The van der Waals surface area contributed by atoms with Crippen LogP contribution in [0.1, 0.15) is 47.2 Å². The lowest BCUT2D eigenvalue weighted by atomic mass is 9.89. The Morgan fingerprint density at radius 3 is 2.32 bits per heavy atom. The van der Waals surface area contributed by atoms with Crippen molar-refractivity contribution in [1.82, 2.24) is 4.98 Å². The minimum Gasteiger partial charge on any atom is -0.508 e. The van der Waals surface area contributed by atoms with E-state index in [0.717, 1.165) is 16.5 Å². The molecule has 4 nitrogen and oxygen atoms in total. The van der Waals surface area contributed by atoms with Crippen molar-refractivity contribution in [2.24, 2.45) is 5.41 Å². The first kappa shape index (κ1) is 17.0. The molecule has 2 aromatic carbocycles. The lowest BCUT2D eigenvalue weighted by Gasteiger charge is -2.14. The first-order valence-electron chi connectivity index (χ1n) is 8.23. The predicted octanol–water partition coefficient (Wildman–Crippen LogP) is 4.53. The smallest absolute Gasteiger partial charge is 0.184 e. The summed E-state index contributed by atoms with van der Waals surface area (Å²) in [7, 11) is 0. The van der Waals surface area contributed by atoms with Crippen molar-refractivity contribution in [3.63, 3.8) is 0 Å². The molecule has 2 N–H and O–H groups in total. The Morgan fingerprint density at radius 2 is 1.68 bits per heavy atom. The molecule has 0 saturated heterocycles. The van der Waals surface area contributed by atoms with E-state index in [0.29, 0.717) is 11.3 Å². The summed E-state index contributed by atoms with van der Waals surface area (Å²) in [4.78, 5) is 27.9. The molecule has 25 heavy (non-hydrogen) atoms. The molecule has 4 heteroatoms. The average Bonchev–Trinajstić information content (AvgIpc) is 2.96. The van der Waals surface area contributed by atoms with Crippen LogP contribution in [0.5, 0.6) is 5.75 Å². The molecule has 1 heterocycles. The van der Waals surface area contributed by atoms with Crippen molar-refractivity contribution in [2.75, 3.05) is 0 Å². The number of aromatic hydroxyl groups is 1. The van der Waals surface area contributed by atoms with Crippen LogP contribution in [-0.2, 0) is 6.42 Å². The quantitative estimate of drug-likeness (QED) is 0.688. The standard InChI is InChI=1S/C21H21NO3/c1-21(2,3)20(25)18-12-15-10-13(4-9-17(15)22-18)11-19(24)14-5-7-16(23)8-6-14/h4-10,12,22-23H,11H2,1-3H3. The minimum absolute atomic E-state index is 0.0131. The number of phenols is 1. The molecule has 0 aliphatic rings. The van der Waals surface area contributed by atoms with Crippen LogP contribution >= 0.6 is 0 Å². The van der Waals surface area contributed by atoms with Crippen LogP contribution in [-0.4, -0.2) is 21.7 Å². The van der Waals surface area contributed by atoms with Crippen LogP contribution in [0.3, 0.4) is 0 Å². The first-order chi connectivity index (χ1) is 11.7. The Labute approximate surface area is 146 Å². The van der Waals surface area contributed by atoms with E-state index in [-0.39, 0.29) is 23.7 Å². The van der Waals surface area contributed by atoms with E-state index in [2.05, 4.69) is 4.98 Å². The number of rotatable bonds is 4. The molecule has 0 atom stereocenters. The Hall–Kier alpha value is -2.88. The molecule has 0 fully saturated rings. The second-order valence-corrected chi connectivity index (χ2v) is 7.33. The Morgan fingerprint density at radius 1 is 1.00 bits per heavy atom. The summed E-state index contributed by atoms with van der Waals surface area (Å²) < 4.78 is 0. The van der Waals surface area contributed by atoms with Gasteiger partial charge in [0.05, 0.1) is 5.69 Å². The molecule has 128 valence electrons. The van der Waals surface area contributed by atoms with Gasteiger partial charge in [0.1, 0.15) is 5.75 Å². The third-order valence-corrected chi connectivity index (χ3v) is 4.16. The van der Waals surface area contributed by atoms with Crippen LogP contribution in [0, 0.1) is 5.41 Å². The highest BCUT2D eigenvalue weighted by molar-refractivity contribution is 6.02. The van der Waals surface area contributed by atoms with Crippen molar-refractivity contribution in [2.45, 2.75) is 27.2 Å². The SMILES string of the molecule is CC(C)(C)C(=O)c1cc2cc(CC(=O)c3ccc(O)cc3)ccc2[nH]1. The van der Waals surface area contributed by atoms with Gasteiger partial charge in [-0.05, 0) is 48.0 Å². The predicted molar refractivity (Wildman–Crippen MR) is 98.2 cm³/mol. The van der Waals surface area contributed by atoms with Crippen molar-refractivity contribution in [3.8, 4) is 5.75 Å². The normalized spacial score (nSPS) is 11.6. The van der Waals surface area contributed by atoms with Gasteiger partial charge in [-0.3, -0.25) is 9.59 Å². The molecule has 0 amide bonds. The van der Waals surface area contributed by atoms with Crippen molar-refractivity contribution >= 4 is 22.5 Å². The monoisotopic (exact) mass is 335 g/mol. The van der Waals surface area contributed by atoms with Gasteiger partial charge in [0, 0.05) is 28.3 Å². The van der Waals surface area contributed by atoms with Crippen molar-refractivity contribution in [1.29, 1.82) is 0 Å². The number of carbonyl (C=O) groups excluding carboxylic acids is 2. The van der Waals surface area contributed by atoms with E-state index in [1.54, 1.807) is 12.1 Å². The van der Waals surface area contributed by atoms with Crippen molar-refractivity contribution in [3.05, 3.63) is 65.4 Å². The number of ketones is 2. The average molecular weight is 335 g/mol.